The Bertz CT molecular complexity index is 911. The van der Waals surface area contributed by atoms with E-state index in [1.165, 1.54) is 16.1 Å². The topological polar surface area (TPSA) is 57.5 Å². The lowest BCUT2D eigenvalue weighted by Crippen LogP contribution is -2.48. The van der Waals surface area contributed by atoms with E-state index in [0.29, 0.717) is 12.6 Å². The molecule has 4 rings (SSSR count). The maximum absolute atomic E-state index is 4.85. The number of nitrogens with one attached hydrogen (secondary N) is 2. The fraction of sp³-hybridized carbons (Fsp3) is 0.391. The third-order valence-corrected chi connectivity index (χ3v) is 6.26. The first-order chi connectivity index (χ1) is 14.8. The molecule has 0 radical (unpaired) electrons. The Balaban J connectivity index is 1.33. The molecule has 0 unspecified atom stereocenters. The molecule has 1 aliphatic rings. The molecule has 2 aromatic heterocycles. The summed E-state index contributed by atoms with van der Waals surface area (Å²) in [7, 11) is 0. The van der Waals surface area contributed by atoms with Crippen molar-refractivity contribution in [1.82, 2.24) is 20.2 Å². The molecule has 0 atom stereocenters. The number of rotatable bonds is 7. The number of benzene rings is 1. The Morgan fingerprint density at radius 2 is 2.07 bits per heavy atom. The predicted molar refractivity (Wildman–Crippen MR) is 125 cm³/mol. The largest absolute Gasteiger partial charge is 0.363 e. The number of imidazole rings is 1. The summed E-state index contributed by atoms with van der Waals surface area (Å²) in [6.07, 6.45) is 7.91. The second kappa shape index (κ2) is 10.3. The van der Waals surface area contributed by atoms with Crippen LogP contribution in [0.5, 0.6) is 0 Å². The van der Waals surface area contributed by atoms with Crippen LogP contribution in [0.1, 0.15) is 30.9 Å². The van der Waals surface area contributed by atoms with E-state index in [1.54, 1.807) is 0 Å². The van der Waals surface area contributed by atoms with Gasteiger partial charge in [0.15, 0.2) is 5.96 Å². The molecular formula is C23H30N6S. The van der Waals surface area contributed by atoms with E-state index in [9.17, 15) is 0 Å². The fourth-order valence-corrected chi connectivity index (χ4v) is 4.58. The Hall–Kier alpha value is -2.80. The molecule has 0 aliphatic carbocycles. The highest BCUT2D eigenvalue weighted by Gasteiger charge is 2.20. The van der Waals surface area contributed by atoms with Crippen LogP contribution in [0.2, 0.25) is 0 Å². The number of guanidine groups is 1. The van der Waals surface area contributed by atoms with Crippen molar-refractivity contribution in [3.8, 4) is 0 Å². The first-order valence-corrected chi connectivity index (χ1v) is 11.5. The van der Waals surface area contributed by atoms with Gasteiger partial charge in [0.1, 0.15) is 0 Å². The Labute approximate surface area is 182 Å². The van der Waals surface area contributed by atoms with E-state index >= 15 is 0 Å². The summed E-state index contributed by atoms with van der Waals surface area (Å²) in [6.45, 7) is 6.66. The van der Waals surface area contributed by atoms with Gasteiger partial charge in [-0.1, -0.05) is 24.3 Å². The van der Waals surface area contributed by atoms with E-state index in [4.69, 9.17) is 4.99 Å². The molecule has 7 heteroatoms. The van der Waals surface area contributed by atoms with Crippen LogP contribution in [-0.4, -0.2) is 41.2 Å². The summed E-state index contributed by atoms with van der Waals surface area (Å²) in [6, 6.07) is 13.4. The second-order valence-electron chi connectivity index (χ2n) is 7.61. The highest BCUT2D eigenvalue weighted by Crippen LogP contribution is 2.24. The van der Waals surface area contributed by atoms with Gasteiger partial charge in [0.25, 0.3) is 0 Å². The molecule has 0 spiro atoms. The minimum absolute atomic E-state index is 0.464. The van der Waals surface area contributed by atoms with E-state index in [2.05, 4.69) is 73.8 Å². The number of aliphatic imine (C=N–C) groups is 1. The zero-order valence-corrected chi connectivity index (χ0v) is 18.3. The minimum atomic E-state index is 0.464. The SMILES string of the molecule is CCNC(=NCc1cccc(Cn2ccnc2)c1)NC1CCN(c2cccs2)CC1. The van der Waals surface area contributed by atoms with Crippen LogP contribution in [0.25, 0.3) is 0 Å². The van der Waals surface area contributed by atoms with E-state index in [0.717, 1.165) is 45.0 Å². The Morgan fingerprint density at radius 1 is 1.20 bits per heavy atom. The van der Waals surface area contributed by atoms with E-state index in [-0.39, 0.29) is 0 Å². The van der Waals surface area contributed by atoms with Gasteiger partial charge < -0.3 is 20.1 Å². The van der Waals surface area contributed by atoms with Crippen molar-refractivity contribution in [3.63, 3.8) is 0 Å². The van der Waals surface area contributed by atoms with Gasteiger partial charge in [-0.2, -0.15) is 0 Å². The summed E-state index contributed by atoms with van der Waals surface area (Å²) < 4.78 is 2.08. The zero-order valence-electron chi connectivity index (χ0n) is 17.5. The van der Waals surface area contributed by atoms with Crippen molar-refractivity contribution in [2.45, 2.75) is 38.9 Å². The molecule has 1 aromatic carbocycles. The number of aromatic nitrogens is 2. The van der Waals surface area contributed by atoms with Crippen LogP contribution in [-0.2, 0) is 13.1 Å². The van der Waals surface area contributed by atoms with Crippen LogP contribution in [0.15, 0.2) is 65.5 Å². The van der Waals surface area contributed by atoms with Crippen LogP contribution < -0.4 is 15.5 Å². The minimum Gasteiger partial charge on any atom is -0.363 e. The summed E-state index contributed by atoms with van der Waals surface area (Å²) >= 11 is 1.82. The van der Waals surface area contributed by atoms with Crippen LogP contribution in [0.4, 0.5) is 5.00 Å². The summed E-state index contributed by atoms with van der Waals surface area (Å²) in [5.41, 5.74) is 2.48. The molecule has 0 saturated carbocycles. The zero-order chi connectivity index (χ0) is 20.6. The Kier molecular flexibility index (Phi) is 7.03. The average molecular weight is 423 g/mol. The molecule has 6 nitrogen and oxygen atoms in total. The van der Waals surface area contributed by atoms with Gasteiger partial charge in [0, 0.05) is 44.6 Å². The third-order valence-electron chi connectivity index (χ3n) is 5.33. The number of piperidine rings is 1. The molecule has 158 valence electrons. The fourth-order valence-electron chi connectivity index (χ4n) is 3.80. The molecule has 1 fully saturated rings. The average Bonchev–Trinajstić information content (AvgIpc) is 3.48. The first kappa shape index (κ1) is 20.5. The molecule has 0 amide bonds. The molecule has 1 saturated heterocycles. The van der Waals surface area contributed by atoms with E-state index in [1.807, 2.05) is 30.1 Å². The molecule has 1 aliphatic heterocycles. The highest BCUT2D eigenvalue weighted by molar-refractivity contribution is 7.14. The lowest BCUT2D eigenvalue weighted by atomic mass is 10.1. The summed E-state index contributed by atoms with van der Waals surface area (Å²) in [5, 5.41) is 10.6. The van der Waals surface area contributed by atoms with Crippen molar-refractivity contribution in [2.24, 2.45) is 4.99 Å². The van der Waals surface area contributed by atoms with Gasteiger partial charge >= 0.3 is 0 Å². The second-order valence-corrected chi connectivity index (χ2v) is 8.53. The molecular weight excluding hydrogens is 392 g/mol. The van der Waals surface area contributed by atoms with Crippen LogP contribution in [0.3, 0.4) is 0 Å². The van der Waals surface area contributed by atoms with Gasteiger partial charge in [0.2, 0.25) is 0 Å². The smallest absolute Gasteiger partial charge is 0.191 e. The quantitative estimate of drug-likeness (QED) is 0.450. The Morgan fingerprint density at radius 3 is 2.80 bits per heavy atom. The predicted octanol–water partition coefficient (Wildman–Crippen LogP) is 3.72. The van der Waals surface area contributed by atoms with Gasteiger partial charge in [-0.15, -0.1) is 11.3 Å². The molecule has 0 bridgehead atoms. The number of hydrogen-bond acceptors (Lipinski definition) is 4. The number of thiophene rings is 1. The normalized spacial score (nSPS) is 15.4. The molecule has 3 aromatic rings. The van der Waals surface area contributed by atoms with Gasteiger partial charge in [-0.25, -0.2) is 9.98 Å². The van der Waals surface area contributed by atoms with Crippen molar-refractivity contribution in [3.05, 3.63) is 71.6 Å². The molecule has 2 N–H and O–H groups in total. The van der Waals surface area contributed by atoms with E-state index < -0.39 is 0 Å². The van der Waals surface area contributed by atoms with Crippen molar-refractivity contribution in [2.75, 3.05) is 24.5 Å². The van der Waals surface area contributed by atoms with Crippen LogP contribution >= 0.6 is 11.3 Å². The maximum Gasteiger partial charge on any atom is 0.191 e. The van der Waals surface area contributed by atoms with Gasteiger partial charge in [-0.3, -0.25) is 0 Å². The number of nitrogens with zero attached hydrogens (tertiary/aromatic N) is 4. The van der Waals surface area contributed by atoms with Crippen molar-refractivity contribution >= 4 is 22.3 Å². The van der Waals surface area contributed by atoms with Crippen LogP contribution in [0, 0.1) is 0 Å². The lowest BCUT2D eigenvalue weighted by Gasteiger charge is -2.33. The highest BCUT2D eigenvalue weighted by atomic mass is 32.1. The standard InChI is InChI=1S/C23H30N6S/c1-2-25-23(27-21-8-11-29(12-9-21)22-7-4-14-30-22)26-16-19-5-3-6-20(15-19)17-28-13-10-24-18-28/h3-7,10,13-15,18,21H,2,8-9,11-12,16-17H2,1H3,(H2,25,26,27). The number of anilines is 1. The lowest BCUT2D eigenvalue weighted by molar-refractivity contribution is 0.463. The van der Waals surface area contributed by atoms with Gasteiger partial charge in [-0.05, 0) is 48.4 Å². The monoisotopic (exact) mass is 422 g/mol. The molecule has 3 heterocycles. The van der Waals surface area contributed by atoms with Gasteiger partial charge in [0.05, 0.1) is 17.9 Å². The maximum atomic E-state index is 4.85. The summed E-state index contributed by atoms with van der Waals surface area (Å²) in [5.74, 6) is 0.909. The third kappa shape index (κ3) is 5.63. The van der Waals surface area contributed by atoms with Crippen molar-refractivity contribution in [1.29, 1.82) is 0 Å². The summed E-state index contributed by atoms with van der Waals surface area (Å²) in [4.78, 5) is 11.5. The molecule has 30 heavy (non-hydrogen) atoms. The first-order valence-electron chi connectivity index (χ1n) is 10.7. The van der Waals surface area contributed by atoms with Crippen molar-refractivity contribution < 1.29 is 0 Å². The number of hydrogen-bond donors (Lipinski definition) is 2.